The van der Waals surface area contributed by atoms with E-state index >= 15 is 0 Å². The summed E-state index contributed by atoms with van der Waals surface area (Å²) in [6.07, 6.45) is 5.65. The topological polar surface area (TPSA) is 178 Å². The zero-order valence-corrected chi connectivity index (χ0v) is 40.0. The van der Waals surface area contributed by atoms with Gasteiger partial charge in [0.1, 0.15) is 23.7 Å². The van der Waals surface area contributed by atoms with Gasteiger partial charge in [-0.15, -0.1) is 11.3 Å². The van der Waals surface area contributed by atoms with Gasteiger partial charge in [-0.1, -0.05) is 52.0 Å². The van der Waals surface area contributed by atoms with Crippen LogP contribution in [0.15, 0.2) is 66.7 Å². The predicted octanol–water partition coefficient (Wildman–Crippen LogP) is 9.58. The van der Waals surface area contributed by atoms with Gasteiger partial charge in [0.05, 0.1) is 48.4 Å². The SMILES string of the molecule is COC(=O)N[C@H](C(=O)N1CCCC1c1nc2ccc(-c3cc(-c4ccc(N5CCCCC5)cc4)c(-c4ccc5nc([C@@H]6CCCN6C(=O)[C@@H](NC(=O)OC)C(C)C)[nH]c5c4)s3)cc2[nH]1)C(C)C. The number of methoxy groups -OCH3 is 2. The fourth-order valence-electron chi connectivity index (χ4n) is 10.0. The maximum atomic E-state index is 13.9. The van der Waals surface area contributed by atoms with Gasteiger partial charge in [0, 0.05) is 47.2 Å². The van der Waals surface area contributed by atoms with E-state index in [0.717, 1.165) is 104 Å². The molecular formula is C51H61N9O6S. The van der Waals surface area contributed by atoms with Crippen LogP contribution >= 0.6 is 11.3 Å². The number of carbonyl (C=O) groups is 4. The Hall–Kier alpha value is -6.42. The summed E-state index contributed by atoms with van der Waals surface area (Å²) in [7, 11) is 2.60. The number of fused-ring (bicyclic) bond motifs is 2. The Morgan fingerprint density at radius 3 is 1.63 bits per heavy atom. The molecule has 0 aliphatic carbocycles. The second kappa shape index (κ2) is 19.4. The standard InChI is InChI=1S/C51H61N9O6S/c1-29(2)43(56-50(63)65-5)48(61)59-24-10-12-40(59)46-52-36-20-16-32(26-38(36)54-46)42-28-35(31-14-18-34(19-15-31)58-22-8-7-9-23-58)45(67-42)33-17-21-37-39(27-33)55-47(53-37)41-13-11-25-60(41)49(62)44(30(3)4)57-51(64)66-6/h14-21,26-30,40-41,43-44H,7-13,22-25H2,1-6H3,(H,52,54)(H,53,55)(H,56,63)(H,57,64)/t40?,41-,43-,44-/m0/s1. The van der Waals surface area contributed by atoms with Crippen molar-refractivity contribution in [3.8, 4) is 32.0 Å². The summed E-state index contributed by atoms with van der Waals surface area (Å²) in [5, 5.41) is 5.48. The first-order chi connectivity index (χ1) is 32.4. The molecule has 16 heteroatoms. The van der Waals surface area contributed by atoms with Gasteiger partial charge in [0.15, 0.2) is 0 Å². The minimum absolute atomic E-state index is 0.125. The number of thiophene rings is 1. The average molecular weight is 928 g/mol. The fourth-order valence-corrected chi connectivity index (χ4v) is 11.2. The summed E-state index contributed by atoms with van der Waals surface area (Å²) in [5.41, 5.74) is 8.99. The first-order valence-electron chi connectivity index (χ1n) is 23.7. The molecule has 1 unspecified atom stereocenters. The van der Waals surface area contributed by atoms with Gasteiger partial charge < -0.3 is 44.8 Å². The maximum absolute atomic E-state index is 13.9. The van der Waals surface area contributed by atoms with Crippen LogP contribution in [0.5, 0.6) is 0 Å². The number of rotatable bonds is 12. The molecule has 3 aliphatic rings. The first-order valence-corrected chi connectivity index (χ1v) is 24.5. The number of aromatic amines is 2. The van der Waals surface area contributed by atoms with Gasteiger partial charge >= 0.3 is 12.2 Å². The van der Waals surface area contributed by atoms with Gasteiger partial charge in [-0.2, -0.15) is 0 Å². The van der Waals surface area contributed by atoms with Crippen molar-refractivity contribution in [1.82, 2.24) is 40.4 Å². The third-order valence-electron chi connectivity index (χ3n) is 13.7. The third-order valence-corrected chi connectivity index (χ3v) is 14.9. The highest BCUT2D eigenvalue weighted by Gasteiger charge is 2.39. The number of anilines is 1. The number of nitrogens with zero attached hydrogens (tertiary/aromatic N) is 5. The zero-order chi connectivity index (χ0) is 46.9. The Morgan fingerprint density at radius 1 is 0.627 bits per heavy atom. The highest BCUT2D eigenvalue weighted by atomic mass is 32.1. The molecular weight excluding hydrogens is 867 g/mol. The predicted molar refractivity (Wildman–Crippen MR) is 262 cm³/mol. The molecule has 0 radical (unpaired) electrons. The molecule has 4 amide bonds. The molecule has 0 spiro atoms. The lowest BCUT2D eigenvalue weighted by atomic mass is 10.0. The van der Waals surface area contributed by atoms with Crippen LogP contribution in [-0.4, -0.2) is 106 Å². The van der Waals surface area contributed by atoms with E-state index in [0.29, 0.717) is 13.1 Å². The van der Waals surface area contributed by atoms with Crippen molar-refractivity contribution in [1.29, 1.82) is 0 Å². The second-order valence-corrected chi connectivity index (χ2v) is 19.8. The van der Waals surface area contributed by atoms with E-state index in [1.54, 1.807) is 11.3 Å². The number of likely N-dealkylation sites (tertiary alicyclic amines) is 2. The van der Waals surface area contributed by atoms with Crippen molar-refractivity contribution in [3.63, 3.8) is 0 Å². The van der Waals surface area contributed by atoms with Crippen LogP contribution in [-0.2, 0) is 19.1 Å². The van der Waals surface area contributed by atoms with Gasteiger partial charge in [-0.25, -0.2) is 19.6 Å². The summed E-state index contributed by atoms with van der Waals surface area (Å²) in [6.45, 7) is 11.0. The molecule has 0 bridgehead atoms. The number of piperidine rings is 1. The number of nitrogens with one attached hydrogen (secondary N) is 4. The molecule has 3 aromatic heterocycles. The lowest BCUT2D eigenvalue weighted by Crippen LogP contribution is -2.51. The van der Waals surface area contributed by atoms with E-state index in [9.17, 15) is 19.2 Å². The van der Waals surface area contributed by atoms with E-state index in [1.165, 1.54) is 39.2 Å². The minimum Gasteiger partial charge on any atom is -0.453 e. The van der Waals surface area contributed by atoms with Crippen LogP contribution in [0.3, 0.4) is 0 Å². The molecule has 6 heterocycles. The maximum Gasteiger partial charge on any atom is 0.407 e. The van der Waals surface area contributed by atoms with E-state index in [-0.39, 0.29) is 35.7 Å². The molecule has 3 aromatic carbocycles. The van der Waals surface area contributed by atoms with Crippen molar-refractivity contribution in [2.45, 2.75) is 96.8 Å². The van der Waals surface area contributed by atoms with Crippen LogP contribution in [0.25, 0.3) is 54.1 Å². The van der Waals surface area contributed by atoms with Crippen LogP contribution < -0.4 is 15.5 Å². The third kappa shape index (κ3) is 9.32. The van der Waals surface area contributed by atoms with Gasteiger partial charge in [-0.3, -0.25) is 9.59 Å². The Morgan fingerprint density at radius 2 is 1.12 bits per heavy atom. The molecule has 352 valence electrons. The molecule has 6 aromatic rings. The van der Waals surface area contributed by atoms with Crippen molar-refractivity contribution in [2.24, 2.45) is 11.8 Å². The molecule has 15 nitrogen and oxygen atoms in total. The number of carbonyl (C=O) groups excluding carboxylic acids is 4. The Labute approximate surface area is 395 Å². The number of hydrogen-bond donors (Lipinski definition) is 4. The van der Waals surface area contributed by atoms with Gasteiger partial charge in [-0.05, 0) is 116 Å². The van der Waals surface area contributed by atoms with Crippen LogP contribution in [0.4, 0.5) is 15.3 Å². The average Bonchev–Trinajstić information content (AvgIpc) is 4.20. The summed E-state index contributed by atoms with van der Waals surface area (Å²) in [4.78, 5) is 77.7. The highest BCUT2D eigenvalue weighted by Crippen LogP contribution is 2.45. The largest absolute Gasteiger partial charge is 0.453 e. The van der Waals surface area contributed by atoms with Crippen molar-refractivity contribution < 1.29 is 28.7 Å². The van der Waals surface area contributed by atoms with Gasteiger partial charge in [0.2, 0.25) is 11.8 Å². The van der Waals surface area contributed by atoms with Crippen molar-refractivity contribution in [2.75, 3.05) is 45.3 Å². The summed E-state index contributed by atoms with van der Waals surface area (Å²) < 4.78 is 9.67. The summed E-state index contributed by atoms with van der Waals surface area (Å²) in [6, 6.07) is 22.0. The number of hydrogen-bond acceptors (Lipinski definition) is 10. The van der Waals surface area contributed by atoms with Gasteiger partial charge in [0.25, 0.3) is 0 Å². The first kappa shape index (κ1) is 45.7. The number of alkyl carbamates (subject to hydrolysis) is 2. The second-order valence-electron chi connectivity index (χ2n) is 18.8. The van der Waals surface area contributed by atoms with Crippen LogP contribution in [0.2, 0.25) is 0 Å². The van der Waals surface area contributed by atoms with E-state index < -0.39 is 24.3 Å². The molecule has 9 rings (SSSR count). The smallest absolute Gasteiger partial charge is 0.407 e. The molecule has 0 saturated carbocycles. The van der Waals surface area contributed by atoms with Crippen molar-refractivity contribution >= 4 is 63.1 Å². The summed E-state index contributed by atoms with van der Waals surface area (Å²) in [5.74, 6) is 0.925. The highest BCUT2D eigenvalue weighted by molar-refractivity contribution is 7.19. The molecule has 4 atom stereocenters. The molecule has 3 saturated heterocycles. The van der Waals surface area contributed by atoms with Crippen LogP contribution in [0.1, 0.15) is 96.4 Å². The molecule has 4 N–H and O–H groups in total. The summed E-state index contributed by atoms with van der Waals surface area (Å²) >= 11 is 1.73. The Kier molecular flexibility index (Phi) is 13.3. The monoisotopic (exact) mass is 927 g/mol. The zero-order valence-electron chi connectivity index (χ0n) is 39.2. The fraction of sp³-hybridized carbons (Fsp3) is 0.451. The van der Waals surface area contributed by atoms with E-state index in [1.807, 2.05) is 49.6 Å². The molecule has 67 heavy (non-hydrogen) atoms. The number of ether oxygens (including phenoxy) is 2. The van der Waals surface area contributed by atoms with Crippen molar-refractivity contribution in [3.05, 3.63) is 78.4 Å². The number of H-pyrrole nitrogens is 2. The quantitative estimate of drug-likeness (QED) is 0.0931. The van der Waals surface area contributed by atoms with Crippen LogP contribution in [0, 0.1) is 11.8 Å². The molecule has 3 aliphatic heterocycles. The lowest BCUT2D eigenvalue weighted by Gasteiger charge is -2.29. The van der Waals surface area contributed by atoms with E-state index in [4.69, 9.17) is 19.4 Å². The Bertz CT molecular complexity index is 2770. The number of aromatic nitrogens is 4. The number of imidazole rings is 2. The molecule has 3 fully saturated rings. The Balaban J connectivity index is 1.04. The normalized spacial score (nSPS) is 18.5. The minimum atomic E-state index is -0.713. The number of amides is 4. The van der Waals surface area contributed by atoms with E-state index in [2.05, 4.69) is 80.1 Å². The number of benzene rings is 3. The lowest BCUT2D eigenvalue weighted by molar-refractivity contribution is -0.136.